The third-order valence-electron chi connectivity index (χ3n) is 5.71. The van der Waals surface area contributed by atoms with E-state index in [1.807, 2.05) is 19.4 Å². The van der Waals surface area contributed by atoms with Gasteiger partial charge in [0.15, 0.2) is 5.65 Å². The number of nitrogens with one attached hydrogen (secondary N) is 1. The Bertz CT molecular complexity index is 1520. The number of aryl methyl sites for hydroxylation is 1. The number of fused-ring (bicyclic) bond motifs is 1. The fourth-order valence-corrected chi connectivity index (χ4v) is 4.65. The molecule has 1 amide bonds. The van der Waals surface area contributed by atoms with Gasteiger partial charge in [0, 0.05) is 42.3 Å². The number of nitrogens with two attached hydrogens (primary N) is 1. The second-order valence-corrected chi connectivity index (χ2v) is 9.11. The van der Waals surface area contributed by atoms with Crippen LogP contribution in [0.15, 0.2) is 72.8 Å². The van der Waals surface area contributed by atoms with Crippen molar-refractivity contribution in [2.24, 2.45) is 12.8 Å². The van der Waals surface area contributed by atoms with E-state index < -0.39 is 24.2 Å². The van der Waals surface area contributed by atoms with Gasteiger partial charge in [-0.1, -0.05) is 30.3 Å². The van der Waals surface area contributed by atoms with Crippen molar-refractivity contribution in [2.45, 2.75) is 18.3 Å². The van der Waals surface area contributed by atoms with Gasteiger partial charge < -0.3 is 11.1 Å². The predicted octanol–water partition coefficient (Wildman–Crippen LogP) is 4.22. The third-order valence-corrected chi connectivity index (χ3v) is 6.64. The molecule has 184 valence electrons. The minimum atomic E-state index is -4.69. The highest BCUT2D eigenvalue weighted by Gasteiger charge is 2.43. The lowest BCUT2D eigenvalue weighted by Gasteiger charge is -2.27. The molecule has 0 aliphatic rings. The van der Waals surface area contributed by atoms with E-state index in [0.29, 0.717) is 16.8 Å². The number of nitrogens with zero attached hydrogens (tertiary/aromatic N) is 5. The number of hydrogen-bond donors (Lipinski definition) is 2. The number of benzene rings is 1. The SMILES string of the molecule is Cn1cc(-c2cnc3c(-c4csc(C(=O)NC(c5ccccc5)[C@H](N)C(F)(F)F)c4)cnn3c2)cn1. The highest BCUT2D eigenvalue weighted by atomic mass is 32.1. The summed E-state index contributed by atoms with van der Waals surface area (Å²) in [7, 11) is 1.82. The summed E-state index contributed by atoms with van der Waals surface area (Å²) < 4.78 is 43.6. The Morgan fingerprint density at radius 2 is 1.81 bits per heavy atom. The maximum absolute atomic E-state index is 13.4. The maximum atomic E-state index is 13.4. The van der Waals surface area contributed by atoms with Crippen LogP contribution in [0.5, 0.6) is 0 Å². The summed E-state index contributed by atoms with van der Waals surface area (Å²) >= 11 is 1.11. The summed E-state index contributed by atoms with van der Waals surface area (Å²) in [5, 5.41) is 12.7. The first kappa shape index (κ1) is 23.7. The van der Waals surface area contributed by atoms with Crippen molar-refractivity contribution >= 4 is 22.9 Å². The van der Waals surface area contributed by atoms with E-state index in [1.165, 1.54) is 12.1 Å². The van der Waals surface area contributed by atoms with Gasteiger partial charge in [0.05, 0.1) is 23.3 Å². The van der Waals surface area contributed by atoms with E-state index in [1.54, 1.807) is 57.4 Å². The number of carbonyl (C=O) groups excluding carboxylic acids is 1. The fourth-order valence-electron chi connectivity index (χ4n) is 3.84. The Morgan fingerprint density at radius 3 is 2.50 bits per heavy atom. The summed E-state index contributed by atoms with van der Waals surface area (Å²) in [6, 6.07) is 5.78. The van der Waals surface area contributed by atoms with Crippen LogP contribution < -0.4 is 11.1 Å². The quantitative estimate of drug-likeness (QED) is 0.355. The molecule has 0 saturated heterocycles. The van der Waals surface area contributed by atoms with Gasteiger partial charge in [-0.05, 0) is 22.6 Å². The Balaban J connectivity index is 1.40. The molecule has 1 unspecified atom stereocenters. The lowest BCUT2D eigenvalue weighted by atomic mass is 9.99. The van der Waals surface area contributed by atoms with Crippen molar-refractivity contribution in [2.75, 3.05) is 0 Å². The van der Waals surface area contributed by atoms with Crippen LogP contribution in [0.25, 0.3) is 27.9 Å². The Kier molecular flexibility index (Phi) is 6.06. The minimum absolute atomic E-state index is 0.242. The molecule has 0 aliphatic carbocycles. The van der Waals surface area contributed by atoms with Crippen LogP contribution in [0.1, 0.15) is 21.3 Å². The molecule has 0 saturated carbocycles. The molecule has 12 heteroatoms. The molecule has 0 spiro atoms. The lowest BCUT2D eigenvalue weighted by Crippen LogP contribution is -2.49. The zero-order valence-electron chi connectivity index (χ0n) is 18.8. The molecular weight excluding hydrogens is 491 g/mol. The number of carbonyl (C=O) groups is 1. The minimum Gasteiger partial charge on any atom is -0.343 e. The highest BCUT2D eigenvalue weighted by molar-refractivity contribution is 7.12. The van der Waals surface area contributed by atoms with Crippen molar-refractivity contribution < 1.29 is 18.0 Å². The van der Waals surface area contributed by atoms with Gasteiger partial charge in [-0.2, -0.15) is 23.4 Å². The van der Waals surface area contributed by atoms with Crippen LogP contribution >= 0.6 is 11.3 Å². The van der Waals surface area contributed by atoms with E-state index in [2.05, 4.69) is 20.5 Å². The number of aromatic nitrogens is 5. The second-order valence-electron chi connectivity index (χ2n) is 8.20. The molecule has 5 aromatic rings. The molecule has 2 atom stereocenters. The van der Waals surface area contributed by atoms with Gasteiger partial charge in [-0.15, -0.1) is 11.3 Å². The Labute approximate surface area is 207 Å². The van der Waals surface area contributed by atoms with Crippen molar-refractivity contribution in [1.29, 1.82) is 0 Å². The van der Waals surface area contributed by atoms with Crippen molar-refractivity contribution in [1.82, 2.24) is 29.7 Å². The molecule has 0 fully saturated rings. The molecule has 0 radical (unpaired) electrons. The average Bonchev–Trinajstić information content (AvgIpc) is 3.61. The summed E-state index contributed by atoms with van der Waals surface area (Å²) in [4.78, 5) is 17.7. The van der Waals surface area contributed by atoms with Crippen molar-refractivity contribution in [3.05, 3.63) is 83.2 Å². The van der Waals surface area contributed by atoms with Crippen LogP contribution in [0, 0.1) is 0 Å². The third kappa shape index (κ3) is 4.60. The van der Waals surface area contributed by atoms with Crippen molar-refractivity contribution in [3.8, 4) is 22.3 Å². The molecule has 5 rings (SSSR count). The molecule has 3 N–H and O–H groups in total. The van der Waals surface area contributed by atoms with Gasteiger partial charge in [-0.3, -0.25) is 9.48 Å². The number of thiophene rings is 1. The van der Waals surface area contributed by atoms with E-state index >= 15 is 0 Å². The molecule has 0 aliphatic heterocycles. The van der Waals surface area contributed by atoms with Gasteiger partial charge in [0.1, 0.15) is 6.04 Å². The smallest absolute Gasteiger partial charge is 0.343 e. The second kappa shape index (κ2) is 9.21. The topological polar surface area (TPSA) is 103 Å². The molecule has 8 nitrogen and oxygen atoms in total. The van der Waals surface area contributed by atoms with Gasteiger partial charge in [0.25, 0.3) is 5.91 Å². The Morgan fingerprint density at radius 1 is 1.06 bits per heavy atom. The molecule has 4 aromatic heterocycles. The molecular formula is C24H20F3N7OS. The highest BCUT2D eigenvalue weighted by Crippen LogP contribution is 2.32. The zero-order valence-corrected chi connectivity index (χ0v) is 19.7. The summed E-state index contributed by atoms with van der Waals surface area (Å²) in [6.45, 7) is 0. The van der Waals surface area contributed by atoms with Crippen LogP contribution in [0.3, 0.4) is 0 Å². The van der Waals surface area contributed by atoms with Gasteiger partial charge >= 0.3 is 6.18 Å². The van der Waals surface area contributed by atoms with Crippen molar-refractivity contribution in [3.63, 3.8) is 0 Å². The number of alkyl halides is 3. The normalized spacial score (nSPS) is 13.6. The Hall–Kier alpha value is -4.03. The number of halogens is 3. The lowest BCUT2D eigenvalue weighted by molar-refractivity contribution is -0.153. The van der Waals surface area contributed by atoms with Crippen LogP contribution in [0.4, 0.5) is 13.2 Å². The van der Waals surface area contributed by atoms with E-state index in [-0.39, 0.29) is 10.4 Å². The maximum Gasteiger partial charge on any atom is 0.405 e. The van der Waals surface area contributed by atoms with E-state index in [4.69, 9.17) is 5.73 Å². The fraction of sp³-hybridized carbons (Fsp3) is 0.167. The number of amides is 1. The number of rotatable bonds is 6. The summed E-state index contributed by atoms with van der Waals surface area (Å²) in [5.41, 5.74) is 9.43. The molecule has 1 aromatic carbocycles. The average molecular weight is 512 g/mol. The largest absolute Gasteiger partial charge is 0.405 e. The zero-order chi connectivity index (χ0) is 25.4. The van der Waals surface area contributed by atoms with Crippen LogP contribution in [0.2, 0.25) is 0 Å². The first-order valence-electron chi connectivity index (χ1n) is 10.8. The molecule has 36 heavy (non-hydrogen) atoms. The predicted molar refractivity (Wildman–Crippen MR) is 129 cm³/mol. The number of hydrogen-bond acceptors (Lipinski definition) is 6. The van der Waals surface area contributed by atoms with Gasteiger partial charge in [0.2, 0.25) is 0 Å². The standard InChI is InChI=1S/C24H20F3N7OS/c1-33-11-17(9-30-33)16-8-29-22-18(10-31-34(22)12-16)15-7-19(36-13-15)23(35)32-20(21(28)24(25,26)27)14-5-3-2-4-6-14/h2-13,20-21H,28H2,1H3,(H,32,35)/t20?,21-/m0/s1. The first-order valence-corrected chi connectivity index (χ1v) is 11.7. The van der Waals surface area contributed by atoms with E-state index in [0.717, 1.165) is 22.5 Å². The monoisotopic (exact) mass is 511 g/mol. The molecule has 0 bridgehead atoms. The van der Waals surface area contributed by atoms with Crippen LogP contribution in [-0.2, 0) is 7.05 Å². The van der Waals surface area contributed by atoms with Crippen LogP contribution in [-0.4, -0.2) is 42.5 Å². The molecule has 4 heterocycles. The van der Waals surface area contributed by atoms with Gasteiger partial charge in [-0.25, -0.2) is 9.50 Å². The summed E-state index contributed by atoms with van der Waals surface area (Å²) in [6.07, 6.45) is 4.07. The summed E-state index contributed by atoms with van der Waals surface area (Å²) in [5.74, 6) is -0.650. The van der Waals surface area contributed by atoms with E-state index in [9.17, 15) is 18.0 Å². The first-order chi connectivity index (χ1) is 17.2.